The van der Waals surface area contributed by atoms with Crippen LogP contribution in [0.5, 0.6) is 0 Å². The predicted octanol–water partition coefficient (Wildman–Crippen LogP) is 0.586. The lowest BCUT2D eigenvalue weighted by atomic mass is 9.88. The number of amides is 2. The quantitative estimate of drug-likeness (QED) is 0.813. The molecule has 2 rings (SSSR count). The van der Waals surface area contributed by atoms with Gasteiger partial charge in [0.2, 0.25) is 11.8 Å². The Morgan fingerprint density at radius 2 is 1.53 bits per heavy atom. The summed E-state index contributed by atoms with van der Waals surface area (Å²) in [4.78, 5) is 27.9. The molecule has 2 N–H and O–H groups in total. The van der Waals surface area contributed by atoms with Gasteiger partial charge in [0, 0.05) is 45.1 Å². The van der Waals surface area contributed by atoms with Crippen molar-refractivity contribution in [1.29, 1.82) is 0 Å². The Hall–Kier alpha value is -1.10. The minimum atomic E-state index is 0.118. The molecular formula is C14H25N3O2. The van der Waals surface area contributed by atoms with E-state index in [1.54, 1.807) is 0 Å². The van der Waals surface area contributed by atoms with Gasteiger partial charge in [-0.05, 0) is 12.8 Å². The zero-order valence-electron chi connectivity index (χ0n) is 11.6. The zero-order chi connectivity index (χ0) is 13.7. The summed E-state index contributed by atoms with van der Waals surface area (Å²) in [6.45, 7) is 3.10. The second-order valence-electron chi connectivity index (χ2n) is 5.58. The van der Waals surface area contributed by atoms with E-state index in [1.165, 1.54) is 19.3 Å². The number of carbonyl (C=O) groups is 2. The third-order valence-corrected chi connectivity index (χ3v) is 4.26. The van der Waals surface area contributed by atoms with Gasteiger partial charge in [-0.3, -0.25) is 9.59 Å². The van der Waals surface area contributed by atoms with Gasteiger partial charge in [0.05, 0.1) is 0 Å². The summed E-state index contributed by atoms with van der Waals surface area (Å²) in [7, 11) is 0. The minimum absolute atomic E-state index is 0.118. The van der Waals surface area contributed by atoms with Crippen LogP contribution < -0.4 is 5.73 Å². The van der Waals surface area contributed by atoms with Crippen molar-refractivity contribution >= 4 is 11.8 Å². The van der Waals surface area contributed by atoms with Crippen LogP contribution in [0.4, 0.5) is 0 Å². The van der Waals surface area contributed by atoms with E-state index >= 15 is 0 Å². The van der Waals surface area contributed by atoms with Crippen LogP contribution in [0.3, 0.4) is 0 Å². The van der Waals surface area contributed by atoms with Crippen LogP contribution >= 0.6 is 0 Å². The molecule has 1 saturated carbocycles. The first-order chi connectivity index (χ1) is 9.22. The molecule has 108 valence electrons. The first kappa shape index (κ1) is 14.3. The van der Waals surface area contributed by atoms with Gasteiger partial charge >= 0.3 is 0 Å². The monoisotopic (exact) mass is 267 g/mol. The molecule has 0 bridgehead atoms. The molecule has 5 nitrogen and oxygen atoms in total. The van der Waals surface area contributed by atoms with Crippen LogP contribution in [0.2, 0.25) is 0 Å². The molecule has 0 spiro atoms. The van der Waals surface area contributed by atoms with Gasteiger partial charge in [-0.1, -0.05) is 19.3 Å². The van der Waals surface area contributed by atoms with E-state index in [-0.39, 0.29) is 11.8 Å². The largest absolute Gasteiger partial charge is 0.339 e. The summed E-state index contributed by atoms with van der Waals surface area (Å²) in [5.41, 5.74) is 5.40. The van der Waals surface area contributed by atoms with E-state index in [2.05, 4.69) is 0 Å². The molecule has 1 aliphatic carbocycles. The number of carbonyl (C=O) groups excluding carboxylic acids is 2. The van der Waals surface area contributed by atoms with Gasteiger partial charge in [-0.25, -0.2) is 0 Å². The van der Waals surface area contributed by atoms with E-state index in [4.69, 9.17) is 5.73 Å². The van der Waals surface area contributed by atoms with E-state index in [0.29, 0.717) is 45.1 Å². The Morgan fingerprint density at radius 1 is 0.947 bits per heavy atom. The van der Waals surface area contributed by atoms with Gasteiger partial charge in [0.25, 0.3) is 0 Å². The molecule has 0 unspecified atom stereocenters. The van der Waals surface area contributed by atoms with E-state index in [0.717, 1.165) is 12.8 Å². The van der Waals surface area contributed by atoms with Crippen molar-refractivity contribution in [2.75, 3.05) is 32.7 Å². The molecule has 19 heavy (non-hydrogen) atoms. The maximum atomic E-state index is 12.4. The molecule has 0 aromatic heterocycles. The smallest absolute Gasteiger partial charge is 0.225 e. The molecule has 0 radical (unpaired) electrons. The number of piperazine rings is 1. The summed E-state index contributed by atoms with van der Waals surface area (Å²) in [5, 5.41) is 0. The summed E-state index contributed by atoms with van der Waals surface area (Å²) in [5.74, 6) is 0.665. The summed E-state index contributed by atoms with van der Waals surface area (Å²) >= 11 is 0. The molecule has 1 heterocycles. The molecule has 1 saturated heterocycles. The number of rotatable bonds is 3. The second kappa shape index (κ2) is 6.89. The topological polar surface area (TPSA) is 66.6 Å². The molecule has 2 aliphatic rings. The summed E-state index contributed by atoms with van der Waals surface area (Å²) in [6.07, 6.45) is 6.15. The molecule has 2 amide bonds. The van der Waals surface area contributed by atoms with Crippen molar-refractivity contribution in [3.05, 3.63) is 0 Å². The molecule has 0 atom stereocenters. The van der Waals surface area contributed by atoms with Gasteiger partial charge in [-0.15, -0.1) is 0 Å². The first-order valence-corrected chi connectivity index (χ1v) is 7.49. The summed E-state index contributed by atoms with van der Waals surface area (Å²) in [6, 6.07) is 0. The molecule has 2 fully saturated rings. The fourth-order valence-corrected chi connectivity index (χ4v) is 3.07. The lowest BCUT2D eigenvalue weighted by molar-refractivity contribution is -0.142. The maximum absolute atomic E-state index is 12.4. The Balaban J connectivity index is 1.79. The number of nitrogens with two attached hydrogens (primary N) is 1. The van der Waals surface area contributed by atoms with Crippen LogP contribution in [-0.4, -0.2) is 54.3 Å². The van der Waals surface area contributed by atoms with Gasteiger partial charge in [-0.2, -0.15) is 0 Å². The molecule has 1 aliphatic heterocycles. The van der Waals surface area contributed by atoms with E-state index in [9.17, 15) is 9.59 Å². The second-order valence-corrected chi connectivity index (χ2v) is 5.58. The Kier molecular flexibility index (Phi) is 5.19. The average Bonchev–Trinajstić information content (AvgIpc) is 2.48. The standard InChI is InChI=1S/C14H25N3O2/c15-7-6-13(18)16-8-10-17(11-9-16)14(19)12-4-2-1-3-5-12/h12H,1-11,15H2. The fourth-order valence-electron chi connectivity index (χ4n) is 3.07. The van der Waals surface area contributed by atoms with E-state index < -0.39 is 0 Å². The highest BCUT2D eigenvalue weighted by Gasteiger charge is 2.29. The highest BCUT2D eigenvalue weighted by Crippen LogP contribution is 2.25. The lowest BCUT2D eigenvalue weighted by Crippen LogP contribution is -2.52. The van der Waals surface area contributed by atoms with Gasteiger partial charge < -0.3 is 15.5 Å². The molecule has 0 aromatic carbocycles. The first-order valence-electron chi connectivity index (χ1n) is 7.49. The maximum Gasteiger partial charge on any atom is 0.225 e. The number of hydrogen-bond acceptors (Lipinski definition) is 3. The highest BCUT2D eigenvalue weighted by molar-refractivity contribution is 5.80. The molecule has 5 heteroatoms. The van der Waals surface area contributed by atoms with Crippen LogP contribution in [-0.2, 0) is 9.59 Å². The highest BCUT2D eigenvalue weighted by atomic mass is 16.2. The minimum Gasteiger partial charge on any atom is -0.339 e. The number of hydrogen-bond donors (Lipinski definition) is 1. The predicted molar refractivity (Wildman–Crippen MR) is 73.4 cm³/mol. The SMILES string of the molecule is NCCC(=O)N1CCN(C(=O)C2CCCCC2)CC1. The van der Waals surface area contributed by atoms with Gasteiger partial charge in [0.1, 0.15) is 0 Å². The fraction of sp³-hybridized carbons (Fsp3) is 0.857. The van der Waals surface area contributed by atoms with Crippen LogP contribution in [0.1, 0.15) is 38.5 Å². The van der Waals surface area contributed by atoms with Crippen molar-refractivity contribution in [2.24, 2.45) is 11.7 Å². The normalized spacial score (nSPS) is 21.5. The average molecular weight is 267 g/mol. The number of nitrogens with zero attached hydrogens (tertiary/aromatic N) is 2. The van der Waals surface area contributed by atoms with Crippen LogP contribution in [0.15, 0.2) is 0 Å². The Morgan fingerprint density at radius 3 is 2.11 bits per heavy atom. The van der Waals surface area contributed by atoms with Crippen LogP contribution in [0.25, 0.3) is 0 Å². The van der Waals surface area contributed by atoms with E-state index in [1.807, 2.05) is 9.80 Å². The van der Waals surface area contributed by atoms with Gasteiger partial charge in [0.15, 0.2) is 0 Å². The van der Waals surface area contributed by atoms with Crippen molar-refractivity contribution in [1.82, 2.24) is 9.80 Å². The van der Waals surface area contributed by atoms with Crippen molar-refractivity contribution < 1.29 is 9.59 Å². The van der Waals surface area contributed by atoms with Crippen LogP contribution in [0, 0.1) is 5.92 Å². The third-order valence-electron chi connectivity index (χ3n) is 4.26. The summed E-state index contributed by atoms with van der Waals surface area (Å²) < 4.78 is 0. The van der Waals surface area contributed by atoms with Crippen molar-refractivity contribution in [3.63, 3.8) is 0 Å². The Bertz CT molecular complexity index is 319. The lowest BCUT2D eigenvalue weighted by Gasteiger charge is -2.37. The molecular weight excluding hydrogens is 242 g/mol. The Labute approximate surface area is 115 Å². The molecule has 0 aromatic rings. The zero-order valence-corrected chi connectivity index (χ0v) is 11.6. The third kappa shape index (κ3) is 3.69. The van der Waals surface area contributed by atoms with Crippen molar-refractivity contribution in [2.45, 2.75) is 38.5 Å². The van der Waals surface area contributed by atoms with Crippen molar-refractivity contribution in [3.8, 4) is 0 Å².